The maximum absolute atomic E-state index is 12.4. The van der Waals surface area contributed by atoms with Crippen molar-refractivity contribution >= 4 is 33.5 Å². The molecule has 1 aromatic carbocycles. The molecule has 0 saturated carbocycles. The number of nitrogens with zero attached hydrogens (tertiary/aromatic N) is 2. The Labute approximate surface area is 140 Å². The lowest BCUT2D eigenvalue weighted by Gasteiger charge is -2.26. The number of carbonyl (C=O) groups excluding carboxylic acids is 2. The van der Waals surface area contributed by atoms with E-state index in [1.807, 2.05) is 24.3 Å². The number of carbonyl (C=O) groups is 2. The number of amides is 2. The lowest BCUT2D eigenvalue weighted by atomic mass is 9.71. The van der Waals surface area contributed by atoms with Crippen molar-refractivity contribution in [1.82, 2.24) is 4.90 Å². The van der Waals surface area contributed by atoms with E-state index in [0.717, 1.165) is 15.7 Å². The summed E-state index contributed by atoms with van der Waals surface area (Å²) in [6.07, 6.45) is -0.988. The van der Waals surface area contributed by atoms with E-state index in [-0.39, 0.29) is 36.0 Å². The second kappa shape index (κ2) is 4.42. The molecule has 1 aromatic rings. The van der Waals surface area contributed by atoms with Gasteiger partial charge in [0.15, 0.2) is 6.10 Å². The van der Waals surface area contributed by atoms with Crippen LogP contribution in [0.15, 0.2) is 33.9 Å². The number of rotatable bonds is 1. The number of likely N-dealkylation sites (tertiary alicyclic amines) is 1. The number of hydrogen-bond donors (Lipinski definition) is 0. The van der Waals surface area contributed by atoms with Gasteiger partial charge in [-0.3, -0.25) is 14.5 Å². The first-order chi connectivity index (χ1) is 11.1. The molecule has 6 nitrogen and oxygen atoms in total. The van der Waals surface area contributed by atoms with Crippen LogP contribution in [-0.2, 0) is 19.2 Å². The fraction of sp³-hybridized carbons (Fsp3) is 0.438. The van der Waals surface area contributed by atoms with Crippen LogP contribution in [0.2, 0.25) is 0 Å². The zero-order valence-electron chi connectivity index (χ0n) is 12.2. The van der Waals surface area contributed by atoms with Crippen molar-refractivity contribution in [2.24, 2.45) is 22.9 Å². The molecule has 23 heavy (non-hydrogen) atoms. The number of oxime groups is 1. The van der Waals surface area contributed by atoms with E-state index in [0.29, 0.717) is 0 Å². The van der Waals surface area contributed by atoms with E-state index in [4.69, 9.17) is 9.57 Å². The highest BCUT2D eigenvalue weighted by atomic mass is 79.9. The maximum atomic E-state index is 12.4. The summed E-state index contributed by atoms with van der Waals surface area (Å²) in [5.41, 5.74) is 1.77. The molecule has 0 aliphatic carbocycles. The highest BCUT2D eigenvalue weighted by molar-refractivity contribution is 9.10. The number of fused-ring (bicyclic) bond motifs is 8. The van der Waals surface area contributed by atoms with Gasteiger partial charge in [0.2, 0.25) is 11.8 Å². The summed E-state index contributed by atoms with van der Waals surface area (Å²) in [6.45, 7) is 0. The zero-order chi connectivity index (χ0) is 15.9. The first-order valence-corrected chi connectivity index (χ1v) is 8.34. The number of imide groups is 1. The molecule has 0 unspecified atom stereocenters. The van der Waals surface area contributed by atoms with Gasteiger partial charge >= 0.3 is 0 Å². The number of ether oxygens (including phenoxy) is 1. The van der Waals surface area contributed by atoms with Crippen molar-refractivity contribution in [2.75, 3.05) is 7.05 Å². The van der Waals surface area contributed by atoms with Gasteiger partial charge in [0.25, 0.3) is 0 Å². The molecular formula is C16H13BrN2O4. The number of hydrogen-bond acceptors (Lipinski definition) is 5. The summed E-state index contributed by atoms with van der Waals surface area (Å²) in [5.74, 6) is -1.22. The molecule has 2 amide bonds. The predicted molar refractivity (Wildman–Crippen MR) is 82.5 cm³/mol. The van der Waals surface area contributed by atoms with Gasteiger partial charge in [-0.15, -0.1) is 0 Å². The Hall–Kier alpha value is -1.73. The van der Waals surface area contributed by atoms with Crippen molar-refractivity contribution in [3.05, 3.63) is 34.3 Å². The first kappa shape index (κ1) is 13.7. The average Bonchev–Trinajstić information content (AvgIpc) is 3.26. The molecule has 0 radical (unpaired) electrons. The molecule has 7 heteroatoms. The zero-order valence-corrected chi connectivity index (χ0v) is 13.8. The SMILES string of the molecule is CN1C(=O)[C@@H]2[C@H]3O[C@@H]([C@@H]4C(c5ccc(Br)cc5)=NO[C@@H]34)[C@H]2C1=O. The van der Waals surface area contributed by atoms with Crippen molar-refractivity contribution in [1.29, 1.82) is 0 Å². The summed E-state index contributed by atoms with van der Waals surface area (Å²) >= 11 is 3.42. The van der Waals surface area contributed by atoms with Gasteiger partial charge in [0.1, 0.15) is 6.10 Å². The molecule has 6 atom stereocenters. The summed E-state index contributed by atoms with van der Waals surface area (Å²) in [4.78, 5) is 31.5. The number of benzene rings is 1. The maximum Gasteiger partial charge on any atom is 0.235 e. The van der Waals surface area contributed by atoms with E-state index >= 15 is 0 Å². The van der Waals surface area contributed by atoms with Crippen molar-refractivity contribution < 1.29 is 19.2 Å². The molecular weight excluding hydrogens is 364 g/mol. The van der Waals surface area contributed by atoms with E-state index in [1.54, 1.807) is 7.05 Å². The predicted octanol–water partition coefficient (Wildman–Crippen LogP) is 1.18. The van der Waals surface area contributed by atoms with Crippen molar-refractivity contribution in [2.45, 2.75) is 18.3 Å². The van der Waals surface area contributed by atoms with Crippen LogP contribution >= 0.6 is 15.9 Å². The highest BCUT2D eigenvalue weighted by Gasteiger charge is 2.71. The van der Waals surface area contributed by atoms with Gasteiger partial charge in [-0.1, -0.05) is 33.2 Å². The van der Waals surface area contributed by atoms with E-state index in [9.17, 15) is 9.59 Å². The topological polar surface area (TPSA) is 68.2 Å². The molecule has 3 fully saturated rings. The lowest BCUT2D eigenvalue weighted by molar-refractivity contribution is -0.141. The van der Waals surface area contributed by atoms with E-state index in [1.165, 1.54) is 4.90 Å². The van der Waals surface area contributed by atoms with Crippen LogP contribution in [0.25, 0.3) is 0 Å². The summed E-state index contributed by atoms with van der Waals surface area (Å²) in [5, 5.41) is 4.24. The van der Waals surface area contributed by atoms with Gasteiger partial charge in [-0.25, -0.2) is 0 Å². The lowest BCUT2D eigenvalue weighted by Crippen LogP contribution is -2.45. The van der Waals surface area contributed by atoms with Gasteiger partial charge < -0.3 is 9.57 Å². The van der Waals surface area contributed by atoms with Crippen LogP contribution in [-0.4, -0.2) is 47.8 Å². The Morgan fingerprint density at radius 1 is 1.00 bits per heavy atom. The minimum absolute atomic E-state index is 0.0920. The van der Waals surface area contributed by atoms with E-state index in [2.05, 4.69) is 21.1 Å². The van der Waals surface area contributed by atoms with E-state index < -0.39 is 11.8 Å². The Morgan fingerprint density at radius 3 is 2.35 bits per heavy atom. The number of halogens is 1. The smallest absolute Gasteiger partial charge is 0.235 e. The quantitative estimate of drug-likeness (QED) is 0.690. The van der Waals surface area contributed by atoms with Crippen LogP contribution in [0.3, 0.4) is 0 Å². The summed E-state index contributed by atoms with van der Waals surface area (Å²) < 4.78 is 6.97. The molecule has 0 aromatic heterocycles. The second-order valence-corrected chi connectivity index (χ2v) is 7.35. The standard InChI is InChI=1S/C16H13BrN2O4/c1-19-15(20)8-9(16(19)21)13-14-10(12(8)22-13)11(18-23-14)6-2-4-7(17)5-3-6/h2-5,8-10,12-14H,1H3/t8-,9-,10-,12+,13+,14+/m0/s1. The van der Waals surface area contributed by atoms with Crippen LogP contribution < -0.4 is 0 Å². The van der Waals surface area contributed by atoms with Crippen LogP contribution in [0.1, 0.15) is 5.56 Å². The molecule has 3 saturated heterocycles. The Morgan fingerprint density at radius 2 is 1.65 bits per heavy atom. The van der Waals surface area contributed by atoms with Crippen LogP contribution in [0, 0.1) is 17.8 Å². The Balaban J connectivity index is 1.53. The third kappa shape index (κ3) is 1.59. The molecule has 5 rings (SSSR count). The Kier molecular flexibility index (Phi) is 2.63. The molecule has 4 aliphatic heterocycles. The van der Waals surface area contributed by atoms with Crippen LogP contribution in [0.4, 0.5) is 0 Å². The molecule has 0 spiro atoms. The van der Waals surface area contributed by atoms with Gasteiger partial charge in [-0.2, -0.15) is 0 Å². The summed E-state index contributed by atoms with van der Waals surface area (Å²) in [7, 11) is 1.54. The normalized spacial score (nSPS) is 40.3. The minimum Gasteiger partial charge on any atom is -0.389 e. The van der Waals surface area contributed by atoms with Gasteiger partial charge in [0.05, 0.1) is 29.6 Å². The summed E-state index contributed by atoms with van der Waals surface area (Å²) in [6, 6.07) is 7.82. The van der Waals surface area contributed by atoms with Gasteiger partial charge in [0, 0.05) is 11.5 Å². The van der Waals surface area contributed by atoms with Gasteiger partial charge in [-0.05, 0) is 17.7 Å². The minimum atomic E-state index is -0.418. The van der Waals surface area contributed by atoms with Crippen LogP contribution in [0.5, 0.6) is 0 Å². The molecule has 118 valence electrons. The molecule has 2 bridgehead atoms. The molecule has 0 N–H and O–H groups in total. The first-order valence-electron chi connectivity index (χ1n) is 7.54. The van der Waals surface area contributed by atoms with Crippen molar-refractivity contribution in [3.63, 3.8) is 0 Å². The fourth-order valence-corrected chi connectivity index (χ4v) is 4.63. The van der Waals surface area contributed by atoms with Crippen molar-refractivity contribution in [3.8, 4) is 0 Å². The Bertz CT molecular complexity index is 762. The highest BCUT2D eigenvalue weighted by Crippen LogP contribution is 2.54. The molecule has 4 heterocycles. The monoisotopic (exact) mass is 376 g/mol. The fourth-order valence-electron chi connectivity index (χ4n) is 4.37. The second-order valence-electron chi connectivity index (χ2n) is 6.43. The third-order valence-electron chi connectivity index (χ3n) is 5.40. The third-order valence-corrected chi connectivity index (χ3v) is 5.93. The average molecular weight is 377 g/mol. The largest absolute Gasteiger partial charge is 0.389 e. The molecule has 4 aliphatic rings.